The Morgan fingerprint density at radius 3 is 2.29 bits per heavy atom. The van der Waals surface area contributed by atoms with Crippen LogP contribution in [0.1, 0.15) is 28.8 Å². The molecule has 0 spiro atoms. The van der Waals surface area contributed by atoms with E-state index in [-0.39, 0.29) is 16.2 Å². The van der Waals surface area contributed by atoms with Crippen molar-refractivity contribution in [2.45, 2.75) is 24.7 Å². The quantitative estimate of drug-likeness (QED) is 0.800. The van der Waals surface area contributed by atoms with Gasteiger partial charge in [-0.1, -0.05) is 6.07 Å². The lowest BCUT2D eigenvalue weighted by atomic mass is 10.1. The van der Waals surface area contributed by atoms with Crippen molar-refractivity contribution in [1.29, 1.82) is 0 Å². The van der Waals surface area contributed by atoms with E-state index in [1.807, 2.05) is 13.0 Å². The van der Waals surface area contributed by atoms with E-state index in [0.717, 1.165) is 18.4 Å². The molecule has 8 heteroatoms. The van der Waals surface area contributed by atoms with Crippen molar-refractivity contribution in [3.8, 4) is 11.5 Å². The minimum atomic E-state index is -3.73. The number of amides is 1. The second-order valence-electron chi connectivity index (χ2n) is 6.63. The molecular formula is C20H24N2O5S. The molecule has 0 atom stereocenters. The van der Waals surface area contributed by atoms with Crippen LogP contribution in [0.15, 0.2) is 41.3 Å². The molecule has 1 saturated heterocycles. The predicted molar refractivity (Wildman–Crippen MR) is 107 cm³/mol. The number of carbonyl (C=O) groups is 1. The number of benzene rings is 2. The number of hydrogen-bond acceptors (Lipinski definition) is 5. The molecule has 0 unspecified atom stereocenters. The number of nitrogens with zero attached hydrogens (tertiary/aromatic N) is 1. The van der Waals surface area contributed by atoms with Gasteiger partial charge in [-0.05, 0) is 55.7 Å². The normalized spacial score (nSPS) is 14.7. The summed E-state index contributed by atoms with van der Waals surface area (Å²) in [5, 5.41) is 2.79. The van der Waals surface area contributed by atoms with Gasteiger partial charge in [-0.15, -0.1) is 0 Å². The summed E-state index contributed by atoms with van der Waals surface area (Å²) in [7, 11) is -0.792. The molecule has 0 aliphatic carbocycles. The Hall–Kier alpha value is -2.58. The second kappa shape index (κ2) is 8.20. The van der Waals surface area contributed by atoms with E-state index >= 15 is 0 Å². The molecule has 1 aliphatic rings. The van der Waals surface area contributed by atoms with Crippen LogP contribution in [0.3, 0.4) is 0 Å². The molecule has 0 radical (unpaired) electrons. The maximum Gasteiger partial charge on any atom is 0.255 e. The summed E-state index contributed by atoms with van der Waals surface area (Å²) in [6, 6.07) is 9.85. The lowest BCUT2D eigenvalue weighted by Crippen LogP contribution is -2.28. The van der Waals surface area contributed by atoms with E-state index in [1.165, 1.54) is 30.7 Å². The standard InChI is InChI=1S/C20H24N2O5S/c1-14-6-8-17(26-2)16(12-14)21-20(23)15-7-9-18(27-3)19(13-15)28(24,25)22-10-4-5-11-22/h6-9,12-13H,4-5,10-11H2,1-3H3,(H,21,23). The number of rotatable bonds is 6. The Labute approximate surface area is 165 Å². The van der Waals surface area contributed by atoms with Gasteiger partial charge >= 0.3 is 0 Å². The van der Waals surface area contributed by atoms with E-state index in [0.29, 0.717) is 24.5 Å². The zero-order valence-corrected chi connectivity index (χ0v) is 17.0. The van der Waals surface area contributed by atoms with Crippen LogP contribution in [0, 0.1) is 6.92 Å². The van der Waals surface area contributed by atoms with Crippen LogP contribution in [0.2, 0.25) is 0 Å². The van der Waals surface area contributed by atoms with Gasteiger partial charge in [-0.3, -0.25) is 4.79 Å². The lowest BCUT2D eigenvalue weighted by molar-refractivity contribution is 0.102. The number of aryl methyl sites for hydroxylation is 1. The summed E-state index contributed by atoms with van der Waals surface area (Å²) < 4.78 is 37.9. The average molecular weight is 404 g/mol. The number of ether oxygens (including phenoxy) is 2. The summed E-state index contributed by atoms with van der Waals surface area (Å²) in [4.78, 5) is 12.8. The van der Waals surface area contributed by atoms with Crippen molar-refractivity contribution in [2.75, 3.05) is 32.6 Å². The molecule has 7 nitrogen and oxygen atoms in total. The average Bonchev–Trinajstić information content (AvgIpc) is 3.23. The predicted octanol–water partition coefficient (Wildman–Crippen LogP) is 3.05. The molecule has 150 valence electrons. The summed E-state index contributed by atoms with van der Waals surface area (Å²) in [6.07, 6.45) is 1.66. The van der Waals surface area contributed by atoms with Crippen LogP contribution in [0.25, 0.3) is 0 Å². The van der Waals surface area contributed by atoms with Gasteiger partial charge in [0.05, 0.1) is 19.9 Å². The van der Waals surface area contributed by atoms with E-state index in [1.54, 1.807) is 18.2 Å². The molecule has 1 heterocycles. The van der Waals surface area contributed by atoms with Gasteiger partial charge in [0.1, 0.15) is 16.4 Å². The Kier molecular flexibility index (Phi) is 5.90. The SMILES string of the molecule is COc1ccc(C)cc1NC(=O)c1ccc(OC)c(S(=O)(=O)N2CCCC2)c1. The van der Waals surface area contributed by atoms with Crippen molar-refractivity contribution in [1.82, 2.24) is 4.31 Å². The summed E-state index contributed by atoms with van der Waals surface area (Å²) in [6.45, 7) is 2.86. The van der Waals surface area contributed by atoms with E-state index in [9.17, 15) is 13.2 Å². The van der Waals surface area contributed by atoms with Crippen LogP contribution in [0.5, 0.6) is 11.5 Å². The van der Waals surface area contributed by atoms with Crippen LogP contribution < -0.4 is 14.8 Å². The van der Waals surface area contributed by atoms with E-state index in [4.69, 9.17) is 9.47 Å². The summed E-state index contributed by atoms with van der Waals surface area (Å²) in [5.74, 6) is 0.318. The number of carbonyl (C=O) groups excluding carboxylic acids is 1. The molecule has 1 fully saturated rings. The molecule has 1 N–H and O–H groups in total. The zero-order valence-electron chi connectivity index (χ0n) is 16.2. The molecule has 0 saturated carbocycles. The first-order valence-electron chi connectivity index (χ1n) is 9.01. The van der Waals surface area contributed by atoms with Crippen molar-refractivity contribution >= 4 is 21.6 Å². The highest BCUT2D eigenvalue weighted by Crippen LogP contribution is 2.31. The molecule has 1 amide bonds. The molecule has 3 rings (SSSR count). The molecule has 0 aromatic heterocycles. The minimum Gasteiger partial charge on any atom is -0.495 e. The fourth-order valence-corrected chi connectivity index (χ4v) is 4.90. The van der Waals surface area contributed by atoms with Gasteiger partial charge in [-0.25, -0.2) is 8.42 Å². The van der Waals surface area contributed by atoms with Gasteiger partial charge in [0.25, 0.3) is 5.91 Å². The third-order valence-corrected chi connectivity index (χ3v) is 6.63. The number of anilines is 1. The third kappa shape index (κ3) is 3.98. The first kappa shape index (κ1) is 20.2. The third-order valence-electron chi connectivity index (χ3n) is 4.71. The first-order chi connectivity index (χ1) is 13.4. The van der Waals surface area contributed by atoms with Crippen LogP contribution in [0.4, 0.5) is 5.69 Å². The minimum absolute atomic E-state index is 0.000701. The van der Waals surface area contributed by atoms with E-state index in [2.05, 4.69) is 5.32 Å². The Morgan fingerprint density at radius 1 is 1.00 bits per heavy atom. The van der Waals surface area contributed by atoms with Gasteiger partial charge in [0, 0.05) is 18.7 Å². The van der Waals surface area contributed by atoms with Crippen molar-refractivity contribution in [3.05, 3.63) is 47.5 Å². The molecular weight excluding hydrogens is 380 g/mol. The van der Waals surface area contributed by atoms with E-state index < -0.39 is 15.9 Å². The molecule has 1 aliphatic heterocycles. The number of sulfonamides is 1. The van der Waals surface area contributed by atoms with Crippen LogP contribution >= 0.6 is 0 Å². The Bertz CT molecular complexity index is 982. The maximum atomic E-state index is 13.0. The fourth-order valence-electron chi connectivity index (χ4n) is 3.20. The van der Waals surface area contributed by atoms with Crippen molar-refractivity contribution in [2.24, 2.45) is 0 Å². The van der Waals surface area contributed by atoms with Gasteiger partial charge in [0.2, 0.25) is 10.0 Å². The van der Waals surface area contributed by atoms with Crippen LogP contribution in [-0.2, 0) is 10.0 Å². The summed E-state index contributed by atoms with van der Waals surface area (Å²) in [5.41, 5.74) is 1.71. The Balaban J connectivity index is 1.95. The largest absolute Gasteiger partial charge is 0.495 e. The maximum absolute atomic E-state index is 13.0. The zero-order chi connectivity index (χ0) is 20.3. The number of hydrogen-bond donors (Lipinski definition) is 1. The summed E-state index contributed by atoms with van der Waals surface area (Å²) >= 11 is 0. The Morgan fingerprint density at radius 2 is 1.64 bits per heavy atom. The molecule has 28 heavy (non-hydrogen) atoms. The lowest BCUT2D eigenvalue weighted by Gasteiger charge is -2.18. The first-order valence-corrected chi connectivity index (χ1v) is 10.4. The molecule has 0 bridgehead atoms. The van der Waals surface area contributed by atoms with Gasteiger partial charge in [0.15, 0.2) is 0 Å². The van der Waals surface area contributed by atoms with Gasteiger partial charge in [-0.2, -0.15) is 4.31 Å². The number of nitrogens with one attached hydrogen (secondary N) is 1. The highest BCUT2D eigenvalue weighted by Gasteiger charge is 2.30. The molecule has 2 aromatic carbocycles. The van der Waals surface area contributed by atoms with Crippen molar-refractivity contribution < 1.29 is 22.7 Å². The molecule has 2 aromatic rings. The number of methoxy groups -OCH3 is 2. The van der Waals surface area contributed by atoms with Gasteiger partial charge < -0.3 is 14.8 Å². The highest BCUT2D eigenvalue weighted by molar-refractivity contribution is 7.89. The second-order valence-corrected chi connectivity index (χ2v) is 8.54. The topological polar surface area (TPSA) is 84.9 Å². The smallest absolute Gasteiger partial charge is 0.255 e. The fraction of sp³-hybridized carbons (Fsp3) is 0.350. The monoisotopic (exact) mass is 404 g/mol. The van der Waals surface area contributed by atoms with Crippen LogP contribution in [-0.4, -0.2) is 45.9 Å². The highest BCUT2D eigenvalue weighted by atomic mass is 32.2. The van der Waals surface area contributed by atoms with Crippen molar-refractivity contribution in [3.63, 3.8) is 0 Å².